The van der Waals surface area contributed by atoms with Gasteiger partial charge in [0.15, 0.2) is 0 Å². The van der Waals surface area contributed by atoms with Crippen LogP contribution in [0.15, 0.2) is 52.7 Å². The van der Waals surface area contributed by atoms with E-state index in [4.69, 9.17) is 16.8 Å². The lowest BCUT2D eigenvalue weighted by Crippen LogP contribution is -2.21. The highest BCUT2D eigenvalue weighted by atomic mass is 15.1. The monoisotopic (exact) mass is 346 g/mol. The summed E-state index contributed by atoms with van der Waals surface area (Å²) >= 11 is 0. The molecule has 0 saturated heterocycles. The minimum absolute atomic E-state index is 0.0587. The van der Waals surface area contributed by atoms with Crippen molar-refractivity contribution in [3.63, 3.8) is 0 Å². The molecule has 0 unspecified atom stereocenters. The van der Waals surface area contributed by atoms with Gasteiger partial charge in [0, 0.05) is 24.5 Å². The van der Waals surface area contributed by atoms with Crippen LogP contribution in [0.3, 0.4) is 0 Å². The molecule has 1 aromatic carbocycles. The van der Waals surface area contributed by atoms with Crippen molar-refractivity contribution in [3.05, 3.63) is 59.1 Å². The van der Waals surface area contributed by atoms with Gasteiger partial charge >= 0.3 is 0 Å². The van der Waals surface area contributed by atoms with E-state index in [-0.39, 0.29) is 11.1 Å². The maximum Gasteiger partial charge on any atom is 0.262 e. The highest BCUT2D eigenvalue weighted by Gasteiger charge is 2.25. The highest BCUT2D eigenvalue weighted by Crippen LogP contribution is 2.36. The SMILES string of the molecule is [C-]#[N+]/C(C#N)=C\C1=CC(=N/c2ccc(N(CC)CC)cc2)/CC(C)(C)C1. The van der Waals surface area contributed by atoms with Gasteiger partial charge in [0.1, 0.15) is 0 Å². The second-order valence-corrected chi connectivity index (χ2v) is 7.28. The molecule has 26 heavy (non-hydrogen) atoms. The number of allylic oxidation sites excluding steroid dienone is 4. The third-order valence-corrected chi connectivity index (χ3v) is 4.50. The van der Waals surface area contributed by atoms with Crippen LogP contribution in [0.1, 0.15) is 40.5 Å². The molecule has 0 spiro atoms. The summed E-state index contributed by atoms with van der Waals surface area (Å²) in [4.78, 5) is 10.4. The standard InChI is InChI=1S/C22H26N4/c1-6-26(7-2)21-10-8-18(9-11-21)25-19-12-17(13-20(16-23)24-5)14-22(3,4)15-19/h8-13H,6-7,14-15H2,1-4H3/b20-13-,25-19-. The zero-order valence-corrected chi connectivity index (χ0v) is 16.1. The summed E-state index contributed by atoms with van der Waals surface area (Å²) in [5, 5.41) is 9.01. The third-order valence-electron chi connectivity index (χ3n) is 4.50. The van der Waals surface area contributed by atoms with Crippen LogP contribution in [-0.4, -0.2) is 18.8 Å². The Kier molecular flexibility index (Phi) is 6.36. The maximum absolute atomic E-state index is 9.01. The average Bonchev–Trinajstić information content (AvgIpc) is 2.61. The summed E-state index contributed by atoms with van der Waals surface area (Å²) < 4.78 is 0. The molecule has 0 aromatic heterocycles. The van der Waals surface area contributed by atoms with Crippen molar-refractivity contribution in [2.75, 3.05) is 18.0 Å². The Bertz CT molecular complexity index is 791. The molecule has 134 valence electrons. The molecule has 0 saturated carbocycles. The molecule has 0 aliphatic heterocycles. The fourth-order valence-electron chi connectivity index (χ4n) is 3.34. The van der Waals surface area contributed by atoms with Crippen molar-refractivity contribution >= 4 is 17.1 Å². The van der Waals surface area contributed by atoms with Crippen molar-refractivity contribution in [2.24, 2.45) is 10.4 Å². The zero-order chi connectivity index (χ0) is 19.2. The van der Waals surface area contributed by atoms with Crippen molar-refractivity contribution in [3.8, 4) is 6.07 Å². The molecule has 1 aliphatic rings. The van der Waals surface area contributed by atoms with Gasteiger partial charge in [0.05, 0.1) is 18.3 Å². The number of hydrogen-bond acceptors (Lipinski definition) is 3. The van der Waals surface area contributed by atoms with Crippen LogP contribution >= 0.6 is 0 Å². The first-order valence-electron chi connectivity index (χ1n) is 9.03. The van der Waals surface area contributed by atoms with Gasteiger partial charge in [-0.2, -0.15) is 0 Å². The Morgan fingerprint density at radius 3 is 2.46 bits per heavy atom. The van der Waals surface area contributed by atoms with E-state index in [9.17, 15) is 0 Å². The molecule has 0 amide bonds. The van der Waals surface area contributed by atoms with E-state index in [1.165, 1.54) is 5.69 Å². The minimum Gasteiger partial charge on any atom is -0.372 e. The molecule has 1 aromatic rings. The lowest BCUT2D eigenvalue weighted by molar-refractivity contribution is 0.377. The predicted octanol–water partition coefficient (Wildman–Crippen LogP) is 5.68. The minimum atomic E-state index is 0.0587. The van der Waals surface area contributed by atoms with E-state index in [0.717, 1.165) is 42.9 Å². The van der Waals surface area contributed by atoms with Gasteiger partial charge in [-0.3, -0.25) is 4.99 Å². The topological polar surface area (TPSA) is 43.8 Å². The largest absolute Gasteiger partial charge is 0.372 e. The van der Waals surface area contributed by atoms with Gasteiger partial charge in [-0.25, -0.2) is 10.1 Å². The second kappa shape index (κ2) is 8.50. The van der Waals surface area contributed by atoms with E-state index in [2.05, 4.69) is 49.6 Å². The van der Waals surface area contributed by atoms with Gasteiger partial charge in [-0.15, -0.1) is 0 Å². The van der Waals surface area contributed by atoms with Crippen molar-refractivity contribution in [2.45, 2.75) is 40.5 Å². The Labute approximate surface area is 157 Å². The van der Waals surface area contributed by atoms with Gasteiger partial charge in [0.25, 0.3) is 5.70 Å². The number of anilines is 1. The summed E-state index contributed by atoms with van der Waals surface area (Å²) in [6.07, 6.45) is 5.43. The quantitative estimate of drug-likeness (QED) is 0.508. The number of nitriles is 1. The van der Waals surface area contributed by atoms with E-state index < -0.39 is 0 Å². The van der Waals surface area contributed by atoms with Crippen molar-refractivity contribution < 1.29 is 0 Å². The normalized spacial score (nSPS) is 18.0. The molecule has 0 heterocycles. The van der Waals surface area contributed by atoms with Crippen LogP contribution in [0.2, 0.25) is 0 Å². The Hall–Kier alpha value is -2.85. The van der Waals surface area contributed by atoms with Gasteiger partial charge in [-0.1, -0.05) is 19.4 Å². The molecule has 0 bridgehead atoms. The molecule has 4 heteroatoms. The summed E-state index contributed by atoms with van der Waals surface area (Å²) in [5.41, 5.74) is 4.30. The molecule has 1 aliphatic carbocycles. The summed E-state index contributed by atoms with van der Waals surface area (Å²) in [6.45, 7) is 17.7. The van der Waals surface area contributed by atoms with Gasteiger partial charge < -0.3 is 4.90 Å². The molecular formula is C22H26N4. The van der Waals surface area contributed by atoms with Gasteiger partial charge in [-0.05, 0) is 68.5 Å². The Morgan fingerprint density at radius 2 is 1.92 bits per heavy atom. The number of benzene rings is 1. The van der Waals surface area contributed by atoms with Crippen LogP contribution in [0.4, 0.5) is 11.4 Å². The number of aliphatic imine (C=N–C) groups is 1. The number of hydrogen-bond donors (Lipinski definition) is 0. The lowest BCUT2D eigenvalue weighted by atomic mass is 9.76. The van der Waals surface area contributed by atoms with Crippen LogP contribution in [0, 0.1) is 23.3 Å². The van der Waals surface area contributed by atoms with E-state index in [1.54, 1.807) is 6.08 Å². The summed E-state index contributed by atoms with van der Waals surface area (Å²) in [7, 11) is 0. The van der Waals surface area contributed by atoms with Crippen molar-refractivity contribution in [1.82, 2.24) is 0 Å². The van der Waals surface area contributed by atoms with E-state index in [0.29, 0.717) is 0 Å². The number of nitrogens with zero attached hydrogens (tertiary/aromatic N) is 4. The molecule has 4 nitrogen and oxygen atoms in total. The van der Waals surface area contributed by atoms with Crippen LogP contribution in [0.5, 0.6) is 0 Å². The predicted molar refractivity (Wildman–Crippen MR) is 108 cm³/mol. The smallest absolute Gasteiger partial charge is 0.262 e. The summed E-state index contributed by atoms with van der Waals surface area (Å²) in [6, 6.07) is 10.3. The maximum atomic E-state index is 9.01. The molecule has 2 rings (SSSR count). The van der Waals surface area contributed by atoms with E-state index in [1.807, 2.05) is 24.3 Å². The van der Waals surface area contributed by atoms with Crippen LogP contribution < -0.4 is 4.90 Å². The van der Waals surface area contributed by atoms with Gasteiger partial charge in [0.2, 0.25) is 0 Å². The zero-order valence-electron chi connectivity index (χ0n) is 16.1. The van der Waals surface area contributed by atoms with E-state index >= 15 is 0 Å². The Morgan fingerprint density at radius 1 is 1.27 bits per heavy atom. The molecule has 0 radical (unpaired) electrons. The lowest BCUT2D eigenvalue weighted by Gasteiger charge is -2.29. The molecule has 0 fully saturated rings. The first kappa shape index (κ1) is 19.5. The van der Waals surface area contributed by atoms with Crippen LogP contribution in [0.25, 0.3) is 4.85 Å². The van der Waals surface area contributed by atoms with Crippen molar-refractivity contribution in [1.29, 1.82) is 5.26 Å². The van der Waals surface area contributed by atoms with Crippen LogP contribution in [-0.2, 0) is 0 Å². The first-order chi connectivity index (χ1) is 12.4. The first-order valence-corrected chi connectivity index (χ1v) is 9.03. The second-order valence-electron chi connectivity index (χ2n) is 7.28. The average molecular weight is 346 g/mol. The highest BCUT2D eigenvalue weighted by molar-refractivity contribution is 5.99. The molecule has 0 atom stereocenters. The fraction of sp³-hybridized carbons (Fsp3) is 0.409. The fourth-order valence-corrected chi connectivity index (χ4v) is 3.34. The summed E-state index contributed by atoms with van der Waals surface area (Å²) in [5.74, 6) is 0. The number of rotatable bonds is 5. The Balaban J connectivity index is 2.32. The third kappa shape index (κ3) is 5.07. The molecule has 0 N–H and O–H groups in total. The molecular weight excluding hydrogens is 320 g/mol.